The minimum atomic E-state index is -2.42. The van der Waals surface area contributed by atoms with Gasteiger partial charge in [-0.05, 0) is 53.4 Å². The molecule has 3 heterocycles. The molecule has 0 aromatic heterocycles. The first-order chi connectivity index (χ1) is 37.2. The molecule has 23 nitrogen and oxygen atoms in total. The topological polar surface area (TPSA) is 382 Å². The molecule has 3 aliphatic rings. The Morgan fingerprint density at radius 2 is 1.35 bits per heavy atom. The van der Waals surface area contributed by atoms with E-state index in [4.69, 9.17) is 28.4 Å². The van der Waals surface area contributed by atoms with Crippen molar-refractivity contribution in [3.63, 3.8) is 0 Å². The van der Waals surface area contributed by atoms with Crippen molar-refractivity contribution in [2.24, 2.45) is 23.7 Å². The number of carboxylic acid groups (broad SMARTS) is 1. The van der Waals surface area contributed by atoms with Crippen LogP contribution in [-0.2, 0) is 42.8 Å². The lowest BCUT2D eigenvalue weighted by Crippen LogP contribution is -2.66. The number of ether oxygens (including phenoxy) is 6. The largest absolute Gasteiger partial charge is 0.481 e. The Labute approximate surface area is 463 Å². The Hall–Kier alpha value is -3.83. The Kier molecular flexibility index (Phi) is 29.8. The fourth-order valence-corrected chi connectivity index (χ4v) is 9.94. The maximum atomic E-state index is 12.7. The summed E-state index contributed by atoms with van der Waals surface area (Å²) in [5, 5.41) is 143. The van der Waals surface area contributed by atoms with Crippen LogP contribution in [0.3, 0.4) is 0 Å². The summed E-state index contributed by atoms with van der Waals surface area (Å²) in [6, 6.07) is -1.29. The third-order valence-electron chi connectivity index (χ3n) is 14.6. The van der Waals surface area contributed by atoms with Gasteiger partial charge in [-0.3, -0.25) is 14.4 Å². The monoisotopic (exact) mass is 1130 g/mol. The number of carbonyl (C=O) groups excluding carboxylic acids is 2. The Bertz CT molecular complexity index is 2020. The molecule has 0 aromatic carbocycles. The molecule has 24 atom stereocenters. The van der Waals surface area contributed by atoms with Crippen molar-refractivity contribution in [3.8, 4) is 0 Å². The minimum Gasteiger partial charge on any atom is -0.481 e. The molecule has 79 heavy (non-hydrogen) atoms. The highest BCUT2D eigenvalue weighted by molar-refractivity contribution is 5.73. The van der Waals surface area contributed by atoms with Crippen LogP contribution in [0, 0.1) is 23.7 Å². The molecule has 0 aliphatic carbocycles. The predicted molar refractivity (Wildman–Crippen MR) is 285 cm³/mol. The number of hydrogen-bond donors (Lipinski definition) is 14. The van der Waals surface area contributed by atoms with E-state index in [2.05, 4.69) is 5.32 Å². The summed E-state index contributed by atoms with van der Waals surface area (Å²) >= 11 is 0. The van der Waals surface area contributed by atoms with Crippen molar-refractivity contribution < 1.29 is 109 Å². The number of amides is 1. The van der Waals surface area contributed by atoms with E-state index < -0.39 is 184 Å². The number of nitrogens with one attached hydrogen (secondary N) is 1. The van der Waals surface area contributed by atoms with E-state index >= 15 is 0 Å². The number of aliphatic hydroxyl groups is 12. The van der Waals surface area contributed by atoms with E-state index in [9.17, 15) is 80.8 Å². The highest BCUT2D eigenvalue weighted by Gasteiger charge is 2.53. The van der Waals surface area contributed by atoms with E-state index in [1.54, 1.807) is 64.2 Å². The van der Waals surface area contributed by atoms with E-state index in [0.29, 0.717) is 0 Å². The molecule has 0 aromatic rings. The van der Waals surface area contributed by atoms with E-state index in [1.807, 2.05) is 51.2 Å². The van der Waals surface area contributed by atoms with Crippen molar-refractivity contribution in [2.45, 2.75) is 229 Å². The number of carboxylic acids is 1. The molecule has 3 aliphatic heterocycles. The third-order valence-corrected chi connectivity index (χ3v) is 14.6. The molecule has 23 heteroatoms. The molecule has 0 radical (unpaired) electrons. The van der Waals surface area contributed by atoms with Gasteiger partial charge in [0.15, 0.2) is 18.4 Å². The summed E-state index contributed by atoms with van der Waals surface area (Å²) in [6.45, 7) is 12.6. The molecule has 0 saturated carbocycles. The molecule has 3 fully saturated rings. The third kappa shape index (κ3) is 22.1. The number of hydrogen-bond acceptors (Lipinski definition) is 21. The maximum absolute atomic E-state index is 12.7. The fraction of sp³-hybridized carbons (Fsp3) is 0.732. The summed E-state index contributed by atoms with van der Waals surface area (Å²) in [4.78, 5) is 37.4. The van der Waals surface area contributed by atoms with Crippen LogP contribution in [0.2, 0.25) is 0 Å². The molecule has 452 valence electrons. The van der Waals surface area contributed by atoms with Crippen LogP contribution in [0.25, 0.3) is 0 Å². The van der Waals surface area contributed by atoms with Crippen molar-refractivity contribution in [1.29, 1.82) is 0 Å². The van der Waals surface area contributed by atoms with Crippen molar-refractivity contribution in [3.05, 3.63) is 72.9 Å². The number of rotatable bonds is 31. The maximum Gasteiger partial charge on any atom is 0.311 e. The Morgan fingerprint density at radius 3 is 1.97 bits per heavy atom. The zero-order valence-electron chi connectivity index (χ0n) is 46.6. The first-order valence-corrected chi connectivity index (χ1v) is 27.2. The molecule has 3 saturated heterocycles. The zero-order chi connectivity index (χ0) is 59.3. The average Bonchev–Trinajstić information content (AvgIpc) is 3.44. The molecule has 24 unspecified atom stereocenters. The molecule has 0 bridgehead atoms. The zero-order valence-corrected chi connectivity index (χ0v) is 46.6. The second-order valence-corrected chi connectivity index (χ2v) is 21.3. The standard InChI is InChI=1S/C56H91NO22/c1-9-11-13-14-15-16-18-20-39(76-55-49(68)32(5)52(34(7)75-55)78-54-47(57-35(8)59)51(70)50(69)44(29-58)77-54)26-43-46(53(71)72)42(65)28-56(73,79-43)27-41(64)40(63)22-21-36(60)23-37(61)24-38(62)25-45(66)74-33(6)31(4)48(67)30(3)19-17-12-10-2/h9-20,30-34,36-44,46-52,54-55,58,60-65,67-70,73H,21-29H2,1-8H3,(H,57,59)(H,71,72)/b11-9+,12-10+,14-13+,16-15+,19-17+,20-18+. The number of carbonyl (C=O) groups is 3. The summed E-state index contributed by atoms with van der Waals surface area (Å²) in [5.41, 5.74) is 0. The van der Waals surface area contributed by atoms with Crippen molar-refractivity contribution >= 4 is 17.8 Å². The van der Waals surface area contributed by atoms with Crippen molar-refractivity contribution in [2.75, 3.05) is 6.61 Å². The van der Waals surface area contributed by atoms with Crippen molar-refractivity contribution in [1.82, 2.24) is 5.32 Å². The van der Waals surface area contributed by atoms with Gasteiger partial charge in [0.05, 0.1) is 80.2 Å². The Morgan fingerprint density at radius 1 is 0.747 bits per heavy atom. The molecule has 1 amide bonds. The van der Waals surface area contributed by atoms with Crippen LogP contribution in [0.1, 0.15) is 107 Å². The van der Waals surface area contributed by atoms with E-state index in [-0.39, 0.29) is 38.0 Å². The number of aliphatic carboxylic acids is 1. The number of aliphatic hydroxyl groups excluding tert-OH is 11. The summed E-state index contributed by atoms with van der Waals surface area (Å²) in [5.74, 6) is -8.39. The van der Waals surface area contributed by atoms with Gasteiger partial charge in [0.2, 0.25) is 5.91 Å². The molecular weight excluding hydrogens is 1040 g/mol. The van der Waals surface area contributed by atoms with Gasteiger partial charge < -0.3 is 100 Å². The minimum absolute atomic E-state index is 0.174. The first-order valence-electron chi connectivity index (χ1n) is 27.2. The van der Waals surface area contributed by atoms with Gasteiger partial charge >= 0.3 is 11.9 Å². The number of esters is 1. The fourth-order valence-electron chi connectivity index (χ4n) is 9.94. The molecule has 3 rings (SSSR count). The lowest BCUT2D eigenvalue weighted by Gasteiger charge is -2.48. The Balaban J connectivity index is 1.68. The van der Waals surface area contributed by atoms with E-state index in [0.717, 1.165) is 0 Å². The SMILES string of the molecule is C/C=C/C=C/C=C/C=C/C(CC1OC(O)(CC(O)C(O)CCC(O)CC(O)CC(O)CC(=O)OC(C)C(C)C(O)C(C)/C=C/C=C/C)CC(O)C1C(=O)O)OC1OC(C)C(OC2OC(CO)C(O)C(O)C2NC(C)=O)C(C)C1O. The first kappa shape index (κ1) is 69.4. The van der Waals surface area contributed by atoms with Gasteiger partial charge in [0.1, 0.15) is 42.5 Å². The van der Waals surface area contributed by atoms with Crippen LogP contribution in [-0.4, -0.2) is 213 Å². The summed E-state index contributed by atoms with van der Waals surface area (Å²) < 4.78 is 35.8. The van der Waals surface area contributed by atoms with Crippen LogP contribution >= 0.6 is 0 Å². The molecular formula is C56H91NO22. The predicted octanol–water partition coefficient (Wildman–Crippen LogP) is 0.459. The van der Waals surface area contributed by atoms with Gasteiger partial charge in [-0.15, -0.1) is 0 Å². The molecule has 0 spiro atoms. The second kappa shape index (κ2) is 33.9. The van der Waals surface area contributed by atoms with Crippen LogP contribution < -0.4 is 5.32 Å². The van der Waals surface area contributed by atoms with Gasteiger partial charge in [0, 0.05) is 43.9 Å². The molecule has 14 N–H and O–H groups in total. The summed E-state index contributed by atoms with van der Waals surface area (Å²) in [7, 11) is 0. The normalized spacial score (nSPS) is 33.9. The van der Waals surface area contributed by atoms with Crippen LogP contribution in [0.4, 0.5) is 0 Å². The van der Waals surface area contributed by atoms with E-state index in [1.165, 1.54) is 13.0 Å². The van der Waals surface area contributed by atoms with Crippen LogP contribution in [0.5, 0.6) is 0 Å². The van der Waals surface area contributed by atoms with Gasteiger partial charge in [-0.25, -0.2) is 0 Å². The number of allylic oxidation sites excluding steroid dienone is 10. The average molecular weight is 1130 g/mol. The lowest BCUT2D eigenvalue weighted by molar-refractivity contribution is -0.339. The van der Waals surface area contributed by atoms with Crippen LogP contribution in [0.15, 0.2) is 72.9 Å². The second-order valence-electron chi connectivity index (χ2n) is 21.3. The van der Waals surface area contributed by atoms with Gasteiger partial charge in [0.25, 0.3) is 0 Å². The smallest absolute Gasteiger partial charge is 0.311 e. The van der Waals surface area contributed by atoms with Gasteiger partial charge in [-0.2, -0.15) is 0 Å². The van der Waals surface area contributed by atoms with Gasteiger partial charge in [-0.1, -0.05) is 93.7 Å². The highest BCUT2D eigenvalue weighted by atomic mass is 16.7. The summed E-state index contributed by atoms with van der Waals surface area (Å²) in [6.07, 6.45) is -6.35. The quantitative estimate of drug-likeness (QED) is 0.0331. The highest BCUT2D eigenvalue weighted by Crippen LogP contribution is 2.39. The lowest BCUT2D eigenvalue weighted by atomic mass is 9.82.